The van der Waals surface area contributed by atoms with Gasteiger partial charge in [0.2, 0.25) is 11.8 Å². The van der Waals surface area contributed by atoms with E-state index in [0.29, 0.717) is 19.4 Å². The van der Waals surface area contributed by atoms with Crippen LogP contribution < -0.4 is 27.8 Å². The Morgan fingerprint density at radius 2 is 1.43 bits per heavy atom. The lowest BCUT2D eigenvalue weighted by atomic mass is 10.0. The minimum atomic E-state index is -5.08. The number of nitrogens with zero attached hydrogens (tertiary/aromatic N) is 1. The van der Waals surface area contributed by atoms with Gasteiger partial charge in [0.05, 0.1) is 6.42 Å². The van der Waals surface area contributed by atoms with Crippen LogP contribution in [0.1, 0.15) is 29.5 Å². The molecule has 0 saturated heterocycles. The third-order valence-electron chi connectivity index (χ3n) is 6.25. The first-order chi connectivity index (χ1) is 20.7. The van der Waals surface area contributed by atoms with Crippen LogP contribution in [-0.2, 0) is 33.9 Å². The summed E-state index contributed by atoms with van der Waals surface area (Å²) >= 11 is 0. The molecule has 0 aliphatic carbocycles. The number of primary amides is 2. The number of halogens is 3. The smallest absolute Gasteiger partial charge is 0.475 e. The molecule has 0 unspecified atom stereocenters. The highest BCUT2D eigenvalue weighted by atomic mass is 19.4. The second-order valence-electron chi connectivity index (χ2n) is 9.62. The van der Waals surface area contributed by atoms with Crippen molar-refractivity contribution in [3.05, 3.63) is 83.4 Å². The Bertz CT molecular complexity index is 1470. The lowest BCUT2D eigenvalue weighted by Gasteiger charge is -2.30. The van der Waals surface area contributed by atoms with E-state index in [4.69, 9.17) is 32.5 Å². The minimum Gasteiger partial charge on any atom is -0.475 e. The summed E-state index contributed by atoms with van der Waals surface area (Å²) in [5.74, 6) is -3.74. The number of aliphatic carboxylic acids is 1. The number of nitrogens with two attached hydrogens (primary N) is 3. The number of carboxylic acid groups (broad SMARTS) is 1. The topological polar surface area (TPSA) is 218 Å². The van der Waals surface area contributed by atoms with Gasteiger partial charge in [-0.1, -0.05) is 66.7 Å². The predicted molar refractivity (Wildman–Crippen MR) is 157 cm³/mol. The average Bonchev–Trinajstić information content (AvgIpc) is 2.95. The van der Waals surface area contributed by atoms with E-state index < -0.39 is 30.1 Å². The monoisotopic (exact) mass is 617 g/mol. The predicted octanol–water partition coefficient (Wildman–Crippen LogP) is 2.33. The standard InChI is InChI=1S/C27H33N7O3.C2HF3O2/c28-25(36)23(6-3-13-32-26(29)30)34(17-19-9-7-18(8-10-19)16-33-27(31)37)24(35)15-20-11-12-21-4-1-2-5-22(21)14-20;3-2(4,5)1(6)7/h1-2,4-5,7-12,14,23H,3,6,13,15-17H2,(H2,28,36)(H4,29,30,32)(H3,31,33,37);(H,6,7)/t23-;/m1./s1. The fourth-order valence-electron chi connectivity index (χ4n) is 4.12. The Hall–Kier alpha value is -5.34. The van der Waals surface area contributed by atoms with Gasteiger partial charge in [-0.3, -0.25) is 15.0 Å². The number of carboxylic acids is 1. The van der Waals surface area contributed by atoms with Crippen LogP contribution in [0.25, 0.3) is 10.8 Å². The summed E-state index contributed by atoms with van der Waals surface area (Å²) in [5.41, 5.74) is 18.7. The van der Waals surface area contributed by atoms with Gasteiger partial charge in [-0.2, -0.15) is 13.2 Å². The molecule has 0 aliphatic heterocycles. The van der Waals surface area contributed by atoms with E-state index in [2.05, 4.69) is 10.6 Å². The Kier molecular flexibility index (Phi) is 12.9. The van der Waals surface area contributed by atoms with Crippen molar-refractivity contribution < 1.29 is 37.5 Å². The molecule has 0 fully saturated rings. The van der Waals surface area contributed by atoms with E-state index in [1.165, 1.54) is 4.90 Å². The Labute approximate surface area is 250 Å². The molecule has 4 amide bonds. The number of hydrogen-bond acceptors (Lipinski definition) is 5. The molecule has 0 aliphatic rings. The average molecular weight is 618 g/mol. The van der Waals surface area contributed by atoms with Crippen molar-refractivity contribution in [2.24, 2.45) is 17.2 Å². The highest BCUT2D eigenvalue weighted by molar-refractivity contribution is 5.89. The molecule has 44 heavy (non-hydrogen) atoms. The maximum absolute atomic E-state index is 13.6. The number of amides is 4. The van der Waals surface area contributed by atoms with Crippen LogP contribution in [0, 0.1) is 5.41 Å². The molecule has 3 rings (SSSR count). The van der Waals surface area contributed by atoms with Crippen molar-refractivity contribution in [3.63, 3.8) is 0 Å². The van der Waals surface area contributed by atoms with Crippen LogP contribution in [0.2, 0.25) is 0 Å². The van der Waals surface area contributed by atoms with Crippen molar-refractivity contribution in [1.29, 1.82) is 5.41 Å². The molecule has 0 heterocycles. The van der Waals surface area contributed by atoms with E-state index in [9.17, 15) is 27.6 Å². The molecule has 10 N–H and O–H groups in total. The summed E-state index contributed by atoms with van der Waals surface area (Å²) < 4.78 is 31.7. The van der Waals surface area contributed by atoms with Gasteiger partial charge in [0.15, 0.2) is 5.96 Å². The van der Waals surface area contributed by atoms with E-state index in [0.717, 1.165) is 27.5 Å². The highest BCUT2D eigenvalue weighted by Gasteiger charge is 2.38. The molecule has 0 bridgehead atoms. The third kappa shape index (κ3) is 11.9. The second kappa shape index (κ2) is 16.3. The summed E-state index contributed by atoms with van der Waals surface area (Å²) in [5, 5.41) is 21.8. The molecule has 3 aromatic rings. The number of rotatable bonds is 12. The van der Waals surface area contributed by atoms with Crippen LogP contribution in [0.4, 0.5) is 18.0 Å². The van der Waals surface area contributed by atoms with Gasteiger partial charge in [0.25, 0.3) is 0 Å². The third-order valence-corrected chi connectivity index (χ3v) is 6.25. The lowest BCUT2D eigenvalue weighted by molar-refractivity contribution is -0.192. The highest BCUT2D eigenvalue weighted by Crippen LogP contribution is 2.19. The second-order valence-corrected chi connectivity index (χ2v) is 9.62. The number of nitrogens with one attached hydrogen (secondary N) is 3. The molecular weight excluding hydrogens is 583 g/mol. The lowest BCUT2D eigenvalue weighted by Crippen LogP contribution is -2.48. The van der Waals surface area contributed by atoms with Gasteiger partial charge in [-0.05, 0) is 40.3 Å². The van der Waals surface area contributed by atoms with Gasteiger partial charge in [-0.25, -0.2) is 9.59 Å². The summed E-state index contributed by atoms with van der Waals surface area (Å²) in [4.78, 5) is 47.4. The van der Waals surface area contributed by atoms with E-state index in [1.807, 2.05) is 66.7 Å². The molecule has 12 nitrogen and oxygen atoms in total. The van der Waals surface area contributed by atoms with Crippen LogP contribution in [0.3, 0.4) is 0 Å². The van der Waals surface area contributed by atoms with Crippen molar-refractivity contribution in [2.45, 2.75) is 44.6 Å². The summed E-state index contributed by atoms with van der Waals surface area (Å²) in [7, 11) is 0. The summed E-state index contributed by atoms with van der Waals surface area (Å²) in [6.45, 7) is 0.852. The Morgan fingerprint density at radius 1 is 0.864 bits per heavy atom. The largest absolute Gasteiger partial charge is 0.490 e. The van der Waals surface area contributed by atoms with E-state index in [-0.39, 0.29) is 31.4 Å². The van der Waals surface area contributed by atoms with Crippen molar-refractivity contribution in [2.75, 3.05) is 6.54 Å². The van der Waals surface area contributed by atoms with Gasteiger partial charge < -0.3 is 37.8 Å². The van der Waals surface area contributed by atoms with E-state index >= 15 is 0 Å². The molecule has 3 aromatic carbocycles. The first-order valence-electron chi connectivity index (χ1n) is 13.2. The number of fused-ring (bicyclic) bond motifs is 1. The zero-order valence-corrected chi connectivity index (χ0v) is 23.6. The molecule has 1 atom stereocenters. The van der Waals surface area contributed by atoms with Crippen LogP contribution in [0.15, 0.2) is 66.7 Å². The normalized spacial score (nSPS) is 11.4. The first-order valence-corrected chi connectivity index (χ1v) is 13.2. The van der Waals surface area contributed by atoms with E-state index in [1.54, 1.807) is 0 Å². The van der Waals surface area contributed by atoms with Crippen molar-refractivity contribution in [1.82, 2.24) is 15.5 Å². The zero-order chi connectivity index (χ0) is 32.9. The number of carbonyl (C=O) groups excluding carboxylic acids is 3. The fraction of sp³-hybridized carbons (Fsp3) is 0.276. The number of hydrogen-bond donors (Lipinski definition) is 7. The Balaban J connectivity index is 0.000000860. The maximum Gasteiger partial charge on any atom is 0.490 e. The van der Waals surface area contributed by atoms with Crippen LogP contribution >= 0.6 is 0 Å². The molecule has 0 aromatic heterocycles. The molecule has 0 radical (unpaired) electrons. The molecular formula is C29H34F3N7O5. The van der Waals surface area contributed by atoms with Gasteiger partial charge >= 0.3 is 18.2 Å². The Morgan fingerprint density at radius 3 is 1.98 bits per heavy atom. The number of urea groups is 1. The molecule has 236 valence electrons. The van der Waals surface area contributed by atoms with Gasteiger partial charge in [-0.15, -0.1) is 0 Å². The first kappa shape index (κ1) is 34.9. The van der Waals surface area contributed by atoms with Crippen LogP contribution in [-0.4, -0.2) is 58.5 Å². The maximum atomic E-state index is 13.6. The van der Waals surface area contributed by atoms with Gasteiger partial charge in [0.1, 0.15) is 6.04 Å². The fourth-order valence-corrected chi connectivity index (χ4v) is 4.12. The molecule has 0 spiro atoms. The van der Waals surface area contributed by atoms with Gasteiger partial charge in [0, 0.05) is 19.6 Å². The summed E-state index contributed by atoms with van der Waals surface area (Å²) in [6.07, 6.45) is -4.16. The quantitative estimate of drug-likeness (QED) is 0.0913. The van der Waals surface area contributed by atoms with Crippen molar-refractivity contribution in [3.8, 4) is 0 Å². The minimum absolute atomic E-state index is 0.112. The van der Waals surface area contributed by atoms with Crippen LogP contribution in [0.5, 0.6) is 0 Å². The summed E-state index contributed by atoms with van der Waals surface area (Å²) in [6, 6.07) is 19.6. The molecule has 0 saturated carbocycles. The number of carbonyl (C=O) groups is 4. The zero-order valence-electron chi connectivity index (χ0n) is 23.6. The number of benzene rings is 3. The van der Waals surface area contributed by atoms with Crippen molar-refractivity contribution >= 4 is 40.5 Å². The number of alkyl halides is 3. The SMILES string of the molecule is N=C(N)NCCC[C@H](C(N)=O)N(Cc1ccc(CNC(N)=O)cc1)C(=O)Cc1ccc2ccccc2c1.O=C(O)C(F)(F)F. The number of guanidine groups is 1. The molecule has 15 heteroatoms.